The van der Waals surface area contributed by atoms with Crippen molar-refractivity contribution in [3.05, 3.63) is 144 Å². The third-order valence-corrected chi connectivity index (χ3v) is 8.63. The Morgan fingerprint density at radius 3 is 1.78 bits per heavy atom. The highest BCUT2D eigenvalue weighted by atomic mass is 32.2. The van der Waals surface area contributed by atoms with Gasteiger partial charge in [-0.25, -0.2) is 12.7 Å². The summed E-state index contributed by atoms with van der Waals surface area (Å²) in [5, 5.41) is 0. The van der Waals surface area contributed by atoms with Crippen molar-refractivity contribution in [3.8, 4) is 0 Å². The Morgan fingerprint density at radius 2 is 1.25 bits per heavy atom. The molecular formula is C31H27NO3S. The zero-order valence-corrected chi connectivity index (χ0v) is 20.8. The van der Waals surface area contributed by atoms with Crippen LogP contribution in [0.1, 0.15) is 22.3 Å². The first-order chi connectivity index (χ1) is 17.4. The molecule has 0 radical (unpaired) electrons. The second-order valence-electron chi connectivity index (χ2n) is 9.07. The molecule has 1 amide bonds. The molecule has 5 heteroatoms. The first-order valence-corrected chi connectivity index (χ1v) is 13.4. The molecule has 4 nitrogen and oxygen atoms in total. The summed E-state index contributed by atoms with van der Waals surface area (Å²) in [5.74, 6) is -0.863. The normalized spacial score (nSPS) is 17.5. The Labute approximate surface area is 212 Å². The fraction of sp³-hybridized carbons (Fsp3) is 0.129. The van der Waals surface area contributed by atoms with Crippen LogP contribution < -0.4 is 0 Å². The molecule has 4 aromatic carbocycles. The standard InChI is InChI=1S/C31H27NO3S/c1-24-17-21-29(22-18-24)36(34,35)32-23-28(20-19-25-11-5-2-6-12-25)31(30(32)33,26-13-7-3-8-14-26)27-15-9-4-10-16-27/h2-22,28H,23H2,1H3/b20-19+/t28-/m1/s1. The molecule has 36 heavy (non-hydrogen) atoms. The van der Waals surface area contributed by atoms with Crippen LogP contribution in [0, 0.1) is 12.8 Å². The number of aryl methyl sites for hydroxylation is 1. The van der Waals surface area contributed by atoms with Gasteiger partial charge in [-0.3, -0.25) is 4.79 Å². The van der Waals surface area contributed by atoms with Crippen LogP contribution in [0.4, 0.5) is 0 Å². The van der Waals surface area contributed by atoms with Gasteiger partial charge in [0.2, 0.25) is 0 Å². The summed E-state index contributed by atoms with van der Waals surface area (Å²) < 4.78 is 28.7. The molecule has 4 aromatic rings. The summed E-state index contributed by atoms with van der Waals surface area (Å²) in [4.78, 5) is 14.6. The first-order valence-electron chi connectivity index (χ1n) is 11.9. The fourth-order valence-electron chi connectivity index (χ4n) is 5.04. The Bertz CT molecular complexity index is 1440. The second-order valence-corrected chi connectivity index (χ2v) is 10.9. The van der Waals surface area contributed by atoms with Crippen molar-refractivity contribution in [1.82, 2.24) is 4.31 Å². The van der Waals surface area contributed by atoms with Gasteiger partial charge in [0.25, 0.3) is 15.9 Å². The van der Waals surface area contributed by atoms with Gasteiger partial charge < -0.3 is 0 Å². The lowest BCUT2D eigenvalue weighted by atomic mass is 9.67. The van der Waals surface area contributed by atoms with Gasteiger partial charge in [0.05, 0.1) is 4.90 Å². The van der Waals surface area contributed by atoms with Crippen molar-refractivity contribution < 1.29 is 13.2 Å². The maximum atomic E-state index is 14.4. The summed E-state index contributed by atoms with van der Waals surface area (Å²) in [7, 11) is -4.06. The second kappa shape index (κ2) is 9.59. The summed E-state index contributed by atoms with van der Waals surface area (Å²) in [6.07, 6.45) is 3.96. The van der Waals surface area contributed by atoms with Crippen LogP contribution >= 0.6 is 0 Å². The highest BCUT2D eigenvalue weighted by molar-refractivity contribution is 7.89. The predicted octanol–water partition coefficient (Wildman–Crippen LogP) is 5.84. The van der Waals surface area contributed by atoms with E-state index in [1.165, 1.54) is 0 Å². The molecule has 0 N–H and O–H groups in total. The number of hydrogen-bond donors (Lipinski definition) is 0. The van der Waals surface area contributed by atoms with Crippen LogP contribution in [0.5, 0.6) is 0 Å². The summed E-state index contributed by atoms with van der Waals surface area (Å²) in [6, 6.07) is 35.5. The van der Waals surface area contributed by atoms with E-state index in [1.807, 2.05) is 110 Å². The van der Waals surface area contributed by atoms with Crippen LogP contribution in [-0.2, 0) is 20.2 Å². The number of hydrogen-bond acceptors (Lipinski definition) is 3. The number of amides is 1. The third-order valence-electron chi connectivity index (χ3n) is 6.87. The molecule has 0 saturated carbocycles. The summed E-state index contributed by atoms with van der Waals surface area (Å²) >= 11 is 0. The van der Waals surface area contributed by atoms with Gasteiger partial charge in [-0.15, -0.1) is 0 Å². The van der Waals surface area contributed by atoms with E-state index in [1.54, 1.807) is 24.3 Å². The molecular weight excluding hydrogens is 466 g/mol. The molecule has 0 spiro atoms. The van der Waals surface area contributed by atoms with Gasteiger partial charge in [-0.1, -0.05) is 121 Å². The van der Waals surface area contributed by atoms with E-state index in [9.17, 15) is 13.2 Å². The van der Waals surface area contributed by atoms with Crippen molar-refractivity contribution in [2.45, 2.75) is 17.2 Å². The van der Waals surface area contributed by atoms with Crippen molar-refractivity contribution in [2.24, 2.45) is 5.92 Å². The van der Waals surface area contributed by atoms with Crippen LogP contribution in [0.3, 0.4) is 0 Å². The molecule has 0 bridgehead atoms. The lowest BCUT2D eigenvalue weighted by Gasteiger charge is -2.32. The molecule has 0 aliphatic carbocycles. The van der Waals surface area contributed by atoms with Crippen LogP contribution in [0.25, 0.3) is 6.08 Å². The number of rotatable bonds is 6. The molecule has 180 valence electrons. The minimum absolute atomic E-state index is 0.0438. The number of sulfonamides is 1. The Kier molecular flexibility index (Phi) is 6.33. The number of carbonyl (C=O) groups is 1. The molecule has 1 atom stereocenters. The predicted molar refractivity (Wildman–Crippen MR) is 143 cm³/mol. The third kappa shape index (κ3) is 4.06. The molecule has 5 rings (SSSR count). The molecule has 1 heterocycles. The Morgan fingerprint density at radius 1 is 0.750 bits per heavy atom. The highest BCUT2D eigenvalue weighted by Gasteiger charge is 2.58. The van der Waals surface area contributed by atoms with Crippen molar-refractivity contribution in [2.75, 3.05) is 6.54 Å². The van der Waals surface area contributed by atoms with Gasteiger partial charge in [-0.05, 0) is 35.7 Å². The maximum absolute atomic E-state index is 14.4. The molecule has 0 aromatic heterocycles. The number of benzene rings is 4. The van der Waals surface area contributed by atoms with Gasteiger partial charge in [-0.2, -0.15) is 0 Å². The topological polar surface area (TPSA) is 54.5 Å². The van der Waals surface area contributed by atoms with E-state index in [4.69, 9.17) is 0 Å². The monoisotopic (exact) mass is 493 g/mol. The van der Waals surface area contributed by atoms with Crippen molar-refractivity contribution in [3.63, 3.8) is 0 Å². The quantitative estimate of drug-likeness (QED) is 0.339. The van der Waals surface area contributed by atoms with E-state index < -0.39 is 27.3 Å². The molecule has 1 fully saturated rings. The van der Waals surface area contributed by atoms with E-state index in [-0.39, 0.29) is 11.4 Å². The van der Waals surface area contributed by atoms with E-state index in [2.05, 4.69) is 0 Å². The summed E-state index contributed by atoms with van der Waals surface area (Å²) in [6.45, 7) is 1.94. The van der Waals surface area contributed by atoms with Crippen LogP contribution in [-0.4, -0.2) is 25.2 Å². The zero-order valence-electron chi connectivity index (χ0n) is 20.0. The largest absolute Gasteiger partial charge is 0.272 e. The SMILES string of the molecule is Cc1ccc(S(=O)(=O)N2C[C@@H](/C=C/c3ccccc3)C(c3ccccc3)(c3ccccc3)C2=O)cc1. The highest BCUT2D eigenvalue weighted by Crippen LogP contribution is 2.48. The lowest BCUT2D eigenvalue weighted by molar-refractivity contribution is -0.127. The Balaban J connectivity index is 1.71. The van der Waals surface area contributed by atoms with E-state index in [0.29, 0.717) is 0 Å². The van der Waals surface area contributed by atoms with E-state index >= 15 is 0 Å². The summed E-state index contributed by atoms with van der Waals surface area (Å²) in [5.41, 5.74) is 2.29. The maximum Gasteiger partial charge on any atom is 0.266 e. The minimum Gasteiger partial charge on any atom is -0.272 e. The minimum atomic E-state index is -4.06. The van der Waals surface area contributed by atoms with Gasteiger partial charge in [0.15, 0.2) is 0 Å². The zero-order chi connectivity index (χ0) is 25.2. The fourth-order valence-corrected chi connectivity index (χ4v) is 6.49. The van der Waals surface area contributed by atoms with Gasteiger partial charge in [0.1, 0.15) is 5.41 Å². The first kappa shape index (κ1) is 23.8. The lowest BCUT2D eigenvalue weighted by Crippen LogP contribution is -2.43. The van der Waals surface area contributed by atoms with Crippen molar-refractivity contribution >= 4 is 22.0 Å². The molecule has 1 saturated heterocycles. The molecule has 1 aliphatic rings. The van der Waals surface area contributed by atoms with E-state index in [0.717, 1.165) is 26.6 Å². The van der Waals surface area contributed by atoms with Crippen LogP contribution in [0.15, 0.2) is 126 Å². The number of carbonyl (C=O) groups excluding carboxylic acids is 1. The van der Waals surface area contributed by atoms with Crippen molar-refractivity contribution in [1.29, 1.82) is 0 Å². The van der Waals surface area contributed by atoms with Gasteiger partial charge >= 0.3 is 0 Å². The molecule has 0 unspecified atom stereocenters. The number of nitrogens with zero attached hydrogens (tertiary/aromatic N) is 1. The average Bonchev–Trinajstić information content (AvgIpc) is 3.22. The molecule has 1 aliphatic heterocycles. The smallest absolute Gasteiger partial charge is 0.266 e. The van der Waals surface area contributed by atoms with Gasteiger partial charge in [0, 0.05) is 12.5 Å². The average molecular weight is 494 g/mol. The Hall–Kier alpha value is -3.96. The van der Waals surface area contributed by atoms with Crippen LogP contribution in [0.2, 0.25) is 0 Å².